The lowest BCUT2D eigenvalue weighted by atomic mass is 9.85. The molecule has 0 aliphatic carbocycles. The zero-order valence-electron chi connectivity index (χ0n) is 29.5. The van der Waals surface area contributed by atoms with E-state index in [0.29, 0.717) is 37.5 Å². The van der Waals surface area contributed by atoms with E-state index in [1.165, 1.54) is 0 Å². The molecule has 264 valence electrons. The second-order valence-corrected chi connectivity index (χ2v) is 13.9. The van der Waals surface area contributed by atoms with Gasteiger partial charge in [0.25, 0.3) is 0 Å². The molecule has 0 amide bonds. The second-order valence-electron chi connectivity index (χ2n) is 13.9. The smallest absolute Gasteiger partial charge is 0.303 e. The maximum Gasteiger partial charge on any atom is 0.303 e. The van der Waals surface area contributed by atoms with Gasteiger partial charge in [-0.15, -0.1) is 0 Å². The number of carboxylic acid groups (broad SMARTS) is 1. The highest BCUT2D eigenvalue weighted by molar-refractivity contribution is 5.66. The molecule has 1 aliphatic rings. The van der Waals surface area contributed by atoms with Crippen molar-refractivity contribution in [3.8, 4) is 11.8 Å². The number of aliphatic hydroxyl groups is 4. The number of hydrogen-bond donors (Lipinski definition) is 6. The van der Waals surface area contributed by atoms with E-state index in [9.17, 15) is 30.3 Å². The fourth-order valence-electron chi connectivity index (χ4n) is 6.40. The topological polar surface area (TPSA) is 130 Å². The molecule has 1 aromatic rings. The van der Waals surface area contributed by atoms with Gasteiger partial charge in [-0.3, -0.25) is 4.79 Å². The van der Waals surface area contributed by atoms with Crippen LogP contribution >= 0.6 is 0 Å². The van der Waals surface area contributed by atoms with Crippen molar-refractivity contribution in [3.63, 3.8) is 0 Å². The third-order valence-electron chi connectivity index (χ3n) is 9.37. The summed E-state index contributed by atoms with van der Waals surface area (Å²) >= 11 is 0. The minimum atomic E-state index is -0.952. The number of aliphatic hydroxyl groups excluding tert-OH is 4. The molecule has 7 nitrogen and oxygen atoms in total. The molecule has 0 saturated heterocycles. The van der Waals surface area contributed by atoms with Crippen LogP contribution in [-0.2, 0) is 11.2 Å². The number of aryl methyl sites for hydroxylation is 1. The van der Waals surface area contributed by atoms with Gasteiger partial charge in [0.1, 0.15) is 0 Å². The number of nitrogens with one attached hydrogen (secondary N) is 1. The Morgan fingerprint density at radius 1 is 1.00 bits per heavy atom. The molecule has 0 spiro atoms. The minimum Gasteiger partial charge on any atom is -0.481 e. The van der Waals surface area contributed by atoms with Crippen LogP contribution in [0.25, 0.3) is 0 Å². The molecular weight excluding hydrogens is 590 g/mol. The molecule has 6 atom stereocenters. The summed E-state index contributed by atoms with van der Waals surface area (Å²) in [5, 5.41) is 55.6. The van der Waals surface area contributed by atoms with Crippen molar-refractivity contribution in [1.29, 1.82) is 0 Å². The number of hydrogen-bond acceptors (Lipinski definition) is 6. The molecule has 1 heterocycles. The third-order valence-corrected chi connectivity index (χ3v) is 9.37. The molecule has 0 unspecified atom stereocenters. The summed E-state index contributed by atoms with van der Waals surface area (Å²) in [5.41, 5.74) is 4.08. The van der Waals surface area contributed by atoms with Gasteiger partial charge in [0.15, 0.2) is 0 Å². The summed E-state index contributed by atoms with van der Waals surface area (Å²) in [6, 6.07) is 7.58. The van der Waals surface area contributed by atoms with Crippen LogP contribution in [0.5, 0.6) is 0 Å². The van der Waals surface area contributed by atoms with E-state index in [1.807, 2.05) is 30.4 Å². The summed E-state index contributed by atoms with van der Waals surface area (Å²) in [6.45, 7) is 7.93. The Morgan fingerprint density at radius 3 is 2.45 bits per heavy atom. The van der Waals surface area contributed by atoms with E-state index < -0.39 is 24.3 Å². The number of rotatable bonds is 20. The van der Waals surface area contributed by atoms with E-state index in [1.54, 1.807) is 6.92 Å². The maximum atomic E-state index is 11.4. The number of benzene rings is 1. The molecule has 1 aliphatic heterocycles. The first-order valence-electron chi connectivity index (χ1n) is 18.1. The SMILES string of the molecule is CCCCC[C@H](O)C=CC1=C(C[C@H](O)CO)[C@H](CCC[C@@H](CCC(=O)O)CCC(C)C)N[C@@H]([C@H](C)O)CC#Cc2ccccc2CC1. The first-order valence-corrected chi connectivity index (χ1v) is 18.1. The molecule has 0 saturated carbocycles. The molecule has 47 heavy (non-hydrogen) atoms. The van der Waals surface area contributed by atoms with Crippen LogP contribution in [0.3, 0.4) is 0 Å². The van der Waals surface area contributed by atoms with Gasteiger partial charge >= 0.3 is 5.97 Å². The highest BCUT2D eigenvalue weighted by Gasteiger charge is 2.26. The zero-order valence-corrected chi connectivity index (χ0v) is 29.5. The van der Waals surface area contributed by atoms with Crippen LogP contribution in [0.4, 0.5) is 0 Å². The Bertz CT molecular complexity index is 1160. The van der Waals surface area contributed by atoms with Crippen molar-refractivity contribution >= 4 is 5.97 Å². The van der Waals surface area contributed by atoms with Gasteiger partial charge in [-0.25, -0.2) is 0 Å². The van der Waals surface area contributed by atoms with E-state index in [2.05, 4.69) is 44.0 Å². The standard InChI is InChI=1S/C40H63NO6/c1-5-6-7-16-35(44)25-24-34-23-22-33-14-9-8-13-32(33)15-11-17-38(30(4)43)41-39(37(34)27-36(45)28-42)18-10-12-31(20-19-29(2)3)21-26-40(46)47/h8-9,13-14,24-25,29-31,35-36,38-39,41-45H,5-7,10,12,16-23,26-28H2,1-4H3,(H,46,47)/t30-,31+,35-,36-,38+,39-/m0/s1. The number of unbranched alkanes of at least 4 members (excludes halogenated alkanes) is 2. The predicted octanol–water partition coefficient (Wildman–Crippen LogP) is 6.71. The molecule has 2 rings (SSSR count). The molecule has 1 aromatic carbocycles. The van der Waals surface area contributed by atoms with Gasteiger partial charge in [0.05, 0.1) is 24.9 Å². The molecule has 0 radical (unpaired) electrons. The highest BCUT2D eigenvalue weighted by Crippen LogP contribution is 2.29. The van der Waals surface area contributed by atoms with Crippen LogP contribution in [0.15, 0.2) is 47.6 Å². The second kappa shape index (κ2) is 23.0. The van der Waals surface area contributed by atoms with Gasteiger partial charge in [-0.1, -0.05) is 108 Å². The predicted molar refractivity (Wildman–Crippen MR) is 191 cm³/mol. The van der Waals surface area contributed by atoms with Crippen molar-refractivity contribution < 1.29 is 30.3 Å². The molecule has 0 fully saturated rings. The lowest BCUT2D eigenvalue weighted by Crippen LogP contribution is -2.46. The molecule has 7 heteroatoms. The molecule has 0 aromatic heterocycles. The van der Waals surface area contributed by atoms with Crippen LogP contribution in [0, 0.1) is 23.7 Å². The van der Waals surface area contributed by atoms with Crippen molar-refractivity contribution in [3.05, 3.63) is 58.7 Å². The summed E-state index contributed by atoms with van der Waals surface area (Å²) in [5.74, 6) is 6.73. The van der Waals surface area contributed by atoms with Gasteiger partial charge in [-0.2, -0.15) is 0 Å². The van der Waals surface area contributed by atoms with Gasteiger partial charge in [-0.05, 0) is 80.1 Å². The Labute approximate surface area is 284 Å². The number of aliphatic carboxylic acids is 1. The van der Waals surface area contributed by atoms with Crippen LogP contribution in [0.2, 0.25) is 0 Å². The van der Waals surface area contributed by atoms with Crippen LogP contribution in [-0.4, -0.2) is 68.5 Å². The maximum absolute atomic E-state index is 11.4. The lowest BCUT2D eigenvalue weighted by molar-refractivity contribution is -0.137. The van der Waals surface area contributed by atoms with Crippen LogP contribution in [0.1, 0.15) is 129 Å². The summed E-state index contributed by atoms with van der Waals surface area (Å²) in [7, 11) is 0. The number of allylic oxidation sites excluding steroid dienone is 2. The molecule has 0 bridgehead atoms. The number of carboxylic acids is 1. The largest absolute Gasteiger partial charge is 0.481 e. The Morgan fingerprint density at radius 2 is 1.77 bits per heavy atom. The van der Waals surface area contributed by atoms with Crippen molar-refractivity contribution in [2.45, 2.75) is 154 Å². The first-order chi connectivity index (χ1) is 22.5. The van der Waals surface area contributed by atoms with E-state index in [-0.39, 0.29) is 31.5 Å². The zero-order chi connectivity index (χ0) is 34.6. The third kappa shape index (κ3) is 16.5. The number of fused-ring (bicyclic) bond motifs is 1. The summed E-state index contributed by atoms with van der Waals surface area (Å²) < 4.78 is 0. The Kier molecular flexibility index (Phi) is 19.9. The molecule has 6 N–H and O–H groups in total. The quantitative estimate of drug-likeness (QED) is 0.0682. The van der Waals surface area contributed by atoms with Gasteiger partial charge < -0.3 is 30.8 Å². The fourth-order valence-corrected chi connectivity index (χ4v) is 6.40. The lowest BCUT2D eigenvalue weighted by Gasteiger charge is -2.32. The normalized spacial score (nSPS) is 20.1. The summed E-state index contributed by atoms with van der Waals surface area (Å²) in [4.78, 5) is 11.4. The average molecular weight is 654 g/mol. The van der Waals surface area contributed by atoms with Gasteiger partial charge in [0, 0.05) is 30.5 Å². The van der Waals surface area contributed by atoms with Gasteiger partial charge in [0.2, 0.25) is 0 Å². The average Bonchev–Trinajstić information content (AvgIpc) is 3.03. The van der Waals surface area contributed by atoms with Crippen molar-refractivity contribution in [2.24, 2.45) is 11.8 Å². The number of carbonyl (C=O) groups is 1. The minimum absolute atomic E-state index is 0.165. The van der Waals surface area contributed by atoms with E-state index >= 15 is 0 Å². The van der Waals surface area contributed by atoms with Crippen molar-refractivity contribution in [1.82, 2.24) is 5.32 Å². The Balaban J connectivity index is 2.56. The molecular formula is C40H63NO6. The van der Waals surface area contributed by atoms with E-state index in [4.69, 9.17) is 0 Å². The van der Waals surface area contributed by atoms with Crippen LogP contribution < -0.4 is 5.32 Å². The summed E-state index contributed by atoms with van der Waals surface area (Å²) in [6.07, 6.45) is 12.9. The monoisotopic (exact) mass is 653 g/mol. The first kappa shape index (κ1) is 40.7. The van der Waals surface area contributed by atoms with Crippen molar-refractivity contribution in [2.75, 3.05) is 6.61 Å². The fraction of sp³-hybridized carbons (Fsp3) is 0.675. The Hall–Kier alpha value is -2.47. The highest BCUT2D eigenvalue weighted by atomic mass is 16.4. The van der Waals surface area contributed by atoms with E-state index in [0.717, 1.165) is 80.1 Å².